The molecule has 0 bridgehead atoms. The smallest absolute Gasteiger partial charge is 0.545 e. The predicted molar refractivity (Wildman–Crippen MR) is 153 cm³/mol. The predicted octanol–water partition coefficient (Wildman–Crippen LogP) is 1.36. The Hall–Kier alpha value is -3.66. The van der Waals surface area contributed by atoms with Crippen LogP contribution in [-0.2, 0) is 0 Å². The Morgan fingerprint density at radius 2 is 1.81 bits per heavy atom. The van der Waals surface area contributed by atoms with E-state index in [1.165, 1.54) is 12.3 Å². The molecule has 1 aliphatic carbocycles. The van der Waals surface area contributed by atoms with Gasteiger partial charge in [-0.1, -0.05) is 6.07 Å². The number of fused-ring (bicyclic) bond motifs is 2. The van der Waals surface area contributed by atoms with E-state index >= 15 is 0 Å². The molecule has 4 heterocycles. The summed E-state index contributed by atoms with van der Waals surface area (Å²) in [7, 11) is 1.64. The number of aryl methyl sites for hydroxylation is 1. The average molecular weight is 588 g/mol. The van der Waals surface area contributed by atoms with Crippen molar-refractivity contribution in [3.8, 4) is 22.6 Å². The summed E-state index contributed by atoms with van der Waals surface area (Å²) in [6, 6.07) is 11.1. The molecule has 4 aromatic rings. The molecule has 0 radical (unpaired) electrons. The number of amides is 1. The molecule has 2 aromatic heterocycles. The number of ketones is 1. The van der Waals surface area contributed by atoms with E-state index in [2.05, 4.69) is 22.7 Å². The zero-order valence-corrected chi connectivity index (χ0v) is 26.5. The molecule has 43 heavy (non-hydrogen) atoms. The fraction of sp³-hybridized carbons (Fsp3) is 0.333. The number of rotatable bonds is 5. The van der Waals surface area contributed by atoms with Crippen molar-refractivity contribution in [3.05, 3.63) is 77.2 Å². The van der Waals surface area contributed by atoms with E-state index in [4.69, 9.17) is 9.47 Å². The molecule has 3 aliphatic rings. The van der Waals surface area contributed by atoms with Crippen LogP contribution in [-0.4, -0.2) is 57.9 Å². The summed E-state index contributed by atoms with van der Waals surface area (Å²) in [4.78, 5) is 44.1. The fourth-order valence-corrected chi connectivity index (χ4v) is 6.44. The van der Waals surface area contributed by atoms with E-state index < -0.39 is 11.6 Å². The number of hydrogen-bond acceptors (Lipinski definition) is 7. The number of carboxylic acids is 1. The van der Waals surface area contributed by atoms with E-state index in [9.17, 15) is 19.5 Å². The maximum Gasteiger partial charge on any atom is 1.00 e. The van der Waals surface area contributed by atoms with Gasteiger partial charge in [0.15, 0.2) is 5.78 Å². The fourth-order valence-electron chi connectivity index (χ4n) is 6.44. The second-order valence-electron chi connectivity index (χ2n) is 11.7. The van der Waals surface area contributed by atoms with E-state index in [1.807, 2.05) is 17.0 Å². The number of piperidine rings is 1. The molecule has 2 fully saturated rings. The maximum absolute atomic E-state index is 13.7. The SMILES string of the molecule is COc1cc(C(=O)N2CCC3(CC2)CC(=O)c2cc(-c4cncc(C(=O)[O-])c4)ccc2O3)cc2c1c(C)cn2C1CC1.[Na+]. The number of Topliss-reactive ketones (excluding diaryl/α,β-unsaturated/α-hetero) is 1. The summed E-state index contributed by atoms with van der Waals surface area (Å²) >= 11 is 0. The molecule has 0 unspecified atom stereocenters. The molecule has 1 saturated heterocycles. The molecule has 0 atom stereocenters. The minimum Gasteiger partial charge on any atom is -0.545 e. The van der Waals surface area contributed by atoms with Gasteiger partial charge in [-0.3, -0.25) is 14.6 Å². The van der Waals surface area contributed by atoms with Gasteiger partial charge < -0.3 is 28.8 Å². The number of carbonyl (C=O) groups is 3. The first-order chi connectivity index (χ1) is 20.2. The van der Waals surface area contributed by atoms with Gasteiger partial charge in [0, 0.05) is 72.6 Å². The van der Waals surface area contributed by atoms with Crippen LogP contribution >= 0.6 is 0 Å². The third-order valence-electron chi connectivity index (χ3n) is 8.85. The molecule has 1 spiro atoms. The van der Waals surface area contributed by atoms with Crippen molar-refractivity contribution < 1.29 is 58.5 Å². The molecular weight excluding hydrogens is 557 g/mol. The van der Waals surface area contributed by atoms with Crippen molar-refractivity contribution in [1.29, 1.82) is 0 Å². The van der Waals surface area contributed by atoms with Crippen molar-refractivity contribution >= 4 is 28.6 Å². The van der Waals surface area contributed by atoms with Gasteiger partial charge in [0.25, 0.3) is 5.91 Å². The Morgan fingerprint density at radius 1 is 1.05 bits per heavy atom. The van der Waals surface area contributed by atoms with Crippen molar-refractivity contribution in [1.82, 2.24) is 14.5 Å². The number of carbonyl (C=O) groups excluding carboxylic acids is 3. The van der Waals surface area contributed by atoms with Gasteiger partial charge in [0.05, 0.1) is 30.6 Å². The van der Waals surface area contributed by atoms with Crippen molar-refractivity contribution in [2.75, 3.05) is 20.2 Å². The molecule has 0 N–H and O–H groups in total. The summed E-state index contributed by atoms with van der Waals surface area (Å²) in [5, 5.41) is 12.3. The first-order valence-corrected chi connectivity index (χ1v) is 14.3. The van der Waals surface area contributed by atoms with Gasteiger partial charge >= 0.3 is 29.6 Å². The number of nitrogens with zero attached hydrogens (tertiary/aromatic N) is 3. The number of benzene rings is 2. The normalized spacial score (nSPS) is 17.3. The molecule has 1 saturated carbocycles. The van der Waals surface area contributed by atoms with Gasteiger partial charge in [-0.05, 0) is 61.2 Å². The number of pyridine rings is 1. The van der Waals surface area contributed by atoms with Gasteiger partial charge in [-0.25, -0.2) is 0 Å². The summed E-state index contributed by atoms with van der Waals surface area (Å²) in [5.74, 6) is -0.180. The van der Waals surface area contributed by atoms with Crippen LogP contribution in [0, 0.1) is 6.92 Å². The molecule has 2 aliphatic heterocycles. The van der Waals surface area contributed by atoms with Crippen molar-refractivity contribution in [2.45, 2.75) is 50.7 Å². The number of hydrogen-bond donors (Lipinski definition) is 0. The molecule has 7 rings (SSSR count). The van der Waals surface area contributed by atoms with Crippen molar-refractivity contribution in [2.24, 2.45) is 0 Å². The van der Waals surface area contributed by atoms with Gasteiger partial charge in [-0.2, -0.15) is 0 Å². The molecular formula is C33H30N3NaO6. The summed E-state index contributed by atoms with van der Waals surface area (Å²) < 4.78 is 14.4. The van der Waals surface area contributed by atoms with E-state index in [0.29, 0.717) is 65.7 Å². The Bertz CT molecular complexity index is 1780. The topological polar surface area (TPSA) is 114 Å². The van der Waals surface area contributed by atoms with Crippen LogP contribution in [0.25, 0.3) is 22.0 Å². The van der Waals surface area contributed by atoms with Crippen LogP contribution in [0.5, 0.6) is 11.5 Å². The minimum absolute atomic E-state index is 0. The van der Waals surface area contributed by atoms with Crippen LogP contribution in [0.3, 0.4) is 0 Å². The van der Waals surface area contributed by atoms with Crippen LogP contribution in [0.2, 0.25) is 0 Å². The largest absolute Gasteiger partial charge is 1.00 e. The number of likely N-dealkylation sites (tertiary alicyclic amines) is 1. The summed E-state index contributed by atoms with van der Waals surface area (Å²) in [6.07, 6.45) is 8.53. The first-order valence-electron chi connectivity index (χ1n) is 14.3. The van der Waals surface area contributed by atoms with Gasteiger partial charge in [0.2, 0.25) is 0 Å². The van der Waals surface area contributed by atoms with Crippen LogP contribution in [0.15, 0.2) is 55.0 Å². The van der Waals surface area contributed by atoms with Crippen molar-refractivity contribution in [3.63, 3.8) is 0 Å². The Kier molecular flexibility index (Phi) is 7.61. The Morgan fingerprint density at radius 3 is 2.51 bits per heavy atom. The number of aromatic nitrogens is 2. The standard InChI is InChI=1S/C33H31N3O6.Na/c1-19-18-36(24-4-5-24)26-13-21(14-29(41-2)30(19)26)31(38)35-9-7-33(8-10-35)15-27(37)25-12-20(3-6-28(25)42-33)22-11-23(32(39)40)17-34-16-22;/h3,6,11-14,16-18,24H,4-5,7-10,15H2,1-2H3,(H,39,40);/q;+1/p-1. The average Bonchev–Trinajstić information content (AvgIpc) is 3.79. The molecule has 2 aromatic carbocycles. The third-order valence-corrected chi connectivity index (χ3v) is 8.85. The Labute approximate surface area is 271 Å². The van der Waals surface area contributed by atoms with E-state index in [-0.39, 0.29) is 53.2 Å². The number of carboxylic acid groups (broad SMARTS) is 1. The quantitative estimate of drug-likeness (QED) is 0.324. The number of ether oxygens (including phenoxy) is 2. The molecule has 214 valence electrons. The third kappa shape index (κ3) is 5.24. The van der Waals surface area contributed by atoms with Crippen LogP contribution < -0.4 is 44.1 Å². The summed E-state index contributed by atoms with van der Waals surface area (Å²) in [5.41, 5.74) is 3.79. The monoisotopic (exact) mass is 587 g/mol. The molecule has 9 nitrogen and oxygen atoms in total. The second kappa shape index (κ2) is 11.1. The molecule has 10 heteroatoms. The molecule has 1 amide bonds. The first kappa shape index (κ1) is 29.4. The van der Waals surface area contributed by atoms with Crippen LogP contribution in [0.1, 0.15) is 74.8 Å². The number of aromatic carboxylic acids is 1. The Balaban J connectivity index is 0.00000329. The van der Waals surface area contributed by atoms with Gasteiger partial charge in [-0.15, -0.1) is 0 Å². The van der Waals surface area contributed by atoms with E-state index in [1.54, 1.807) is 31.5 Å². The maximum atomic E-state index is 13.7. The summed E-state index contributed by atoms with van der Waals surface area (Å²) in [6.45, 7) is 3.03. The second-order valence-corrected chi connectivity index (χ2v) is 11.7. The van der Waals surface area contributed by atoms with Gasteiger partial charge in [0.1, 0.15) is 17.1 Å². The zero-order chi connectivity index (χ0) is 29.2. The van der Waals surface area contributed by atoms with E-state index in [0.717, 1.165) is 29.3 Å². The number of methoxy groups -OCH3 is 1. The van der Waals surface area contributed by atoms with Crippen LogP contribution in [0.4, 0.5) is 0 Å². The zero-order valence-electron chi connectivity index (χ0n) is 24.5. The minimum atomic E-state index is -1.31.